The van der Waals surface area contributed by atoms with E-state index in [0.717, 1.165) is 24.4 Å². The summed E-state index contributed by atoms with van der Waals surface area (Å²) >= 11 is 0. The highest BCUT2D eigenvalue weighted by Gasteiger charge is 2.29. The SMILES string of the molecule is COc1ccccc1COCC(O)CN1CCC(N2CCCC2)C1. The summed E-state index contributed by atoms with van der Waals surface area (Å²) in [5.41, 5.74) is 1.02. The fraction of sp³-hybridized carbons (Fsp3) is 0.684. The maximum atomic E-state index is 10.3. The van der Waals surface area contributed by atoms with Gasteiger partial charge in [-0.15, -0.1) is 0 Å². The second-order valence-corrected chi connectivity index (χ2v) is 6.93. The maximum absolute atomic E-state index is 10.3. The van der Waals surface area contributed by atoms with Gasteiger partial charge >= 0.3 is 0 Å². The average molecular weight is 334 g/mol. The Labute approximate surface area is 145 Å². The largest absolute Gasteiger partial charge is 0.496 e. The van der Waals surface area contributed by atoms with Gasteiger partial charge in [0.1, 0.15) is 5.75 Å². The topological polar surface area (TPSA) is 45.2 Å². The molecule has 2 atom stereocenters. The third-order valence-electron chi connectivity index (χ3n) is 5.13. The molecule has 1 aromatic rings. The number of rotatable bonds is 8. The van der Waals surface area contributed by atoms with Crippen LogP contribution in [0.1, 0.15) is 24.8 Å². The van der Waals surface area contributed by atoms with E-state index in [4.69, 9.17) is 9.47 Å². The predicted octanol–water partition coefficient (Wildman–Crippen LogP) is 1.74. The number of methoxy groups -OCH3 is 1. The number of nitrogens with zero attached hydrogens (tertiary/aromatic N) is 2. The van der Waals surface area contributed by atoms with E-state index < -0.39 is 6.10 Å². The van der Waals surface area contributed by atoms with Gasteiger partial charge in [-0.2, -0.15) is 0 Å². The molecule has 2 fully saturated rings. The molecule has 24 heavy (non-hydrogen) atoms. The van der Waals surface area contributed by atoms with Crippen molar-refractivity contribution in [2.24, 2.45) is 0 Å². The normalized spacial score (nSPS) is 23.7. The zero-order chi connectivity index (χ0) is 16.8. The molecule has 1 aromatic carbocycles. The summed E-state index contributed by atoms with van der Waals surface area (Å²) in [4.78, 5) is 4.99. The van der Waals surface area contributed by atoms with E-state index in [2.05, 4.69) is 9.80 Å². The molecular formula is C19H30N2O3. The van der Waals surface area contributed by atoms with Crippen LogP contribution in [-0.2, 0) is 11.3 Å². The zero-order valence-electron chi connectivity index (χ0n) is 14.7. The first kappa shape index (κ1) is 17.7. The molecule has 2 aliphatic heterocycles. The monoisotopic (exact) mass is 334 g/mol. The smallest absolute Gasteiger partial charge is 0.124 e. The molecule has 134 valence electrons. The third-order valence-corrected chi connectivity index (χ3v) is 5.13. The summed E-state index contributed by atoms with van der Waals surface area (Å²) < 4.78 is 11.0. The van der Waals surface area contributed by atoms with Gasteiger partial charge in [0.2, 0.25) is 0 Å². The number of likely N-dealkylation sites (tertiary alicyclic amines) is 2. The van der Waals surface area contributed by atoms with Crippen molar-refractivity contribution in [2.45, 2.75) is 38.0 Å². The van der Waals surface area contributed by atoms with E-state index in [1.165, 1.54) is 32.4 Å². The van der Waals surface area contributed by atoms with E-state index in [1.807, 2.05) is 24.3 Å². The van der Waals surface area contributed by atoms with E-state index in [0.29, 0.717) is 25.8 Å². The van der Waals surface area contributed by atoms with Gasteiger partial charge in [0, 0.05) is 24.7 Å². The second kappa shape index (κ2) is 8.81. The highest BCUT2D eigenvalue weighted by atomic mass is 16.5. The van der Waals surface area contributed by atoms with E-state index >= 15 is 0 Å². The maximum Gasteiger partial charge on any atom is 0.124 e. The van der Waals surface area contributed by atoms with Crippen molar-refractivity contribution < 1.29 is 14.6 Å². The van der Waals surface area contributed by atoms with Crippen LogP contribution in [0, 0.1) is 0 Å². The highest BCUT2D eigenvalue weighted by Crippen LogP contribution is 2.21. The fourth-order valence-electron chi connectivity index (χ4n) is 3.86. The molecule has 0 saturated carbocycles. The molecule has 0 aliphatic carbocycles. The molecule has 2 aliphatic rings. The number of benzene rings is 1. The van der Waals surface area contributed by atoms with Crippen LogP contribution in [-0.4, -0.2) is 73.5 Å². The number of aliphatic hydroxyl groups excluding tert-OH is 1. The van der Waals surface area contributed by atoms with Crippen molar-refractivity contribution in [1.82, 2.24) is 9.80 Å². The predicted molar refractivity (Wildman–Crippen MR) is 94.3 cm³/mol. The molecule has 5 heteroatoms. The van der Waals surface area contributed by atoms with Gasteiger partial charge in [0.05, 0.1) is 26.4 Å². The first-order valence-electron chi connectivity index (χ1n) is 9.10. The van der Waals surface area contributed by atoms with Gasteiger partial charge in [0.15, 0.2) is 0 Å². The number of hydrogen-bond acceptors (Lipinski definition) is 5. The molecule has 0 aromatic heterocycles. The fourth-order valence-corrected chi connectivity index (χ4v) is 3.86. The van der Waals surface area contributed by atoms with Gasteiger partial charge in [-0.05, 0) is 45.0 Å². The van der Waals surface area contributed by atoms with Crippen molar-refractivity contribution in [2.75, 3.05) is 46.4 Å². The van der Waals surface area contributed by atoms with Crippen molar-refractivity contribution in [3.8, 4) is 5.75 Å². The van der Waals surface area contributed by atoms with Crippen molar-refractivity contribution in [3.63, 3.8) is 0 Å². The first-order valence-corrected chi connectivity index (χ1v) is 9.10. The molecular weight excluding hydrogens is 304 g/mol. The summed E-state index contributed by atoms with van der Waals surface area (Å²) in [7, 11) is 1.66. The van der Waals surface area contributed by atoms with Gasteiger partial charge in [-0.25, -0.2) is 0 Å². The minimum absolute atomic E-state index is 0.364. The Kier molecular flexibility index (Phi) is 6.49. The Balaban J connectivity index is 1.36. The van der Waals surface area contributed by atoms with Crippen LogP contribution in [0.15, 0.2) is 24.3 Å². The Morgan fingerprint density at radius 1 is 1.21 bits per heavy atom. The van der Waals surface area contributed by atoms with Crippen LogP contribution >= 0.6 is 0 Å². The molecule has 1 N–H and O–H groups in total. The van der Waals surface area contributed by atoms with E-state index in [-0.39, 0.29) is 0 Å². The number of hydrogen-bond donors (Lipinski definition) is 1. The van der Waals surface area contributed by atoms with Crippen LogP contribution in [0.4, 0.5) is 0 Å². The lowest BCUT2D eigenvalue weighted by Gasteiger charge is -2.24. The Bertz CT molecular complexity index is 505. The quantitative estimate of drug-likeness (QED) is 0.785. The molecule has 0 bridgehead atoms. The zero-order valence-corrected chi connectivity index (χ0v) is 14.7. The van der Waals surface area contributed by atoms with E-state index in [1.54, 1.807) is 7.11 Å². The van der Waals surface area contributed by atoms with Gasteiger partial charge < -0.3 is 14.6 Å². The van der Waals surface area contributed by atoms with Gasteiger partial charge in [-0.1, -0.05) is 18.2 Å². The Hall–Kier alpha value is -1.14. The van der Waals surface area contributed by atoms with E-state index in [9.17, 15) is 5.11 Å². The molecule has 0 spiro atoms. The lowest BCUT2D eigenvalue weighted by atomic mass is 10.2. The Morgan fingerprint density at radius 3 is 2.79 bits per heavy atom. The number of aliphatic hydroxyl groups is 1. The molecule has 2 heterocycles. The van der Waals surface area contributed by atoms with Gasteiger partial charge in [0.25, 0.3) is 0 Å². The van der Waals surface area contributed by atoms with Gasteiger partial charge in [-0.3, -0.25) is 9.80 Å². The minimum Gasteiger partial charge on any atom is -0.496 e. The average Bonchev–Trinajstić information content (AvgIpc) is 3.26. The molecule has 5 nitrogen and oxygen atoms in total. The second-order valence-electron chi connectivity index (χ2n) is 6.93. The van der Waals surface area contributed by atoms with Crippen LogP contribution in [0.2, 0.25) is 0 Å². The molecule has 0 amide bonds. The summed E-state index contributed by atoms with van der Waals surface area (Å²) in [5.74, 6) is 0.833. The number of β-amino-alcohol motifs (C(OH)–C–C–N with tert-alkyl or cyclic N) is 1. The molecule has 2 saturated heterocycles. The summed E-state index contributed by atoms with van der Waals surface area (Å²) in [6, 6.07) is 8.53. The van der Waals surface area contributed by atoms with Crippen molar-refractivity contribution >= 4 is 0 Å². The lowest BCUT2D eigenvalue weighted by molar-refractivity contribution is 0.0120. The van der Waals surface area contributed by atoms with Crippen LogP contribution < -0.4 is 4.74 Å². The molecule has 2 unspecified atom stereocenters. The van der Waals surface area contributed by atoms with Crippen molar-refractivity contribution in [3.05, 3.63) is 29.8 Å². The van der Waals surface area contributed by atoms with Crippen molar-refractivity contribution in [1.29, 1.82) is 0 Å². The Morgan fingerprint density at radius 2 is 2.00 bits per heavy atom. The lowest BCUT2D eigenvalue weighted by Crippen LogP contribution is -2.38. The standard InChI is InChI=1S/C19H30N2O3/c1-23-19-7-3-2-6-16(19)14-24-15-18(22)13-20-11-8-17(12-20)21-9-4-5-10-21/h2-3,6-7,17-18,22H,4-5,8-15H2,1H3. The summed E-state index contributed by atoms with van der Waals surface area (Å²) in [6.45, 7) is 6.22. The first-order chi connectivity index (χ1) is 11.8. The molecule has 3 rings (SSSR count). The molecule has 0 radical (unpaired) electrons. The van der Waals surface area contributed by atoms with Crippen LogP contribution in [0.5, 0.6) is 5.75 Å². The minimum atomic E-state index is -0.433. The van der Waals surface area contributed by atoms with Crippen LogP contribution in [0.3, 0.4) is 0 Å². The summed E-state index contributed by atoms with van der Waals surface area (Å²) in [5, 5.41) is 10.3. The third kappa shape index (κ3) is 4.70. The van der Waals surface area contributed by atoms with Crippen LogP contribution in [0.25, 0.3) is 0 Å². The summed E-state index contributed by atoms with van der Waals surface area (Å²) in [6.07, 6.45) is 3.48. The number of ether oxygens (including phenoxy) is 2. The number of para-hydroxylation sites is 1. The highest BCUT2D eigenvalue weighted by molar-refractivity contribution is 5.32.